The molecule has 5 fully saturated rings. The van der Waals surface area contributed by atoms with E-state index in [0.717, 1.165) is 11.8 Å². The highest BCUT2D eigenvalue weighted by Crippen LogP contribution is 2.60. The molecule has 3 unspecified atom stereocenters. The third kappa shape index (κ3) is 3.66. The Morgan fingerprint density at radius 2 is 1.93 bits per heavy atom. The van der Waals surface area contributed by atoms with E-state index in [4.69, 9.17) is 25.8 Å². The molecule has 3 atom stereocenters. The second-order valence-corrected chi connectivity index (χ2v) is 10.1. The Kier molecular flexibility index (Phi) is 5.12. The van der Waals surface area contributed by atoms with E-state index < -0.39 is 5.82 Å². The Hall–Kier alpha value is -1.55. The number of fused-ring (bicyclic) bond motifs is 1. The molecule has 0 aromatic heterocycles. The van der Waals surface area contributed by atoms with Gasteiger partial charge < -0.3 is 24.8 Å². The fourth-order valence-electron chi connectivity index (χ4n) is 4.96. The molecule has 10 heteroatoms. The predicted octanol–water partition coefficient (Wildman–Crippen LogP) is 1.66. The largest absolute Gasteiger partial charge is 0.484 e. The van der Waals surface area contributed by atoms with Gasteiger partial charge >= 0.3 is 0 Å². The van der Waals surface area contributed by atoms with E-state index in [9.17, 15) is 14.0 Å². The predicted molar refractivity (Wildman–Crippen MR) is 108 cm³/mol. The molecule has 7 nitrogen and oxygen atoms in total. The monoisotopic (exact) mass is 456 g/mol. The van der Waals surface area contributed by atoms with Crippen LogP contribution in [-0.2, 0) is 19.1 Å². The van der Waals surface area contributed by atoms with Crippen LogP contribution in [0.3, 0.4) is 0 Å². The summed E-state index contributed by atoms with van der Waals surface area (Å²) < 4.78 is 30.2. The first-order valence-electron chi connectivity index (χ1n) is 9.93. The first kappa shape index (κ1) is 20.4. The lowest BCUT2D eigenvalue weighted by atomic mass is 9.44. The molecule has 2 saturated heterocycles. The topological polar surface area (TPSA) is 85.9 Å². The number of ether oxygens (including phenoxy) is 3. The molecule has 3 saturated carbocycles. The van der Waals surface area contributed by atoms with E-state index in [0.29, 0.717) is 32.5 Å². The standard InChI is InChI=1S/C20H22ClFN2O5S/c21-12-2-1-11(5-13(12)22)29-6-15(25)23-19-8-20(9-19,10-19)24-18(26)17-16-14(7-30-17)27-3-4-28-16/h1-2,5,14,16-17H,3-4,6-10H2,(H,23,25)(H,24,26). The van der Waals surface area contributed by atoms with Crippen LogP contribution in [-0.4, -0.2) is 65.9 Å². The number of amides is 2. The van der Waals surface area contributed by atoms with Gasteiger partial charge in [-0.2, -0.15) is 0 Å². The Morgan fingerprint density at radius 1 is 1.20 bits per heavy atom. The van der Waals surface area contributed by atoms with Crippen molar-refractivity contribution in [3.8, 4) is 5.75 Å². The van der Waals surface area contributed by atoms with Gasteiger partial charge in [0.15, 0.2) is 6.61 Å². The van der Waals surface area contributed by atoms with Gasteiger partial charge in [-0.3, -0.25) is 9.59 Å². The summed E-state index contributed by atoms with van der Waals surface area (Å²) in [7, 11) is 0. The number of hydrogen-bond acceptors (Lipinski definition) is 6. The third-order valence-corrected chi connectivity index (χ3v) is 7.84. The van der Waals surface area contributed by atoms with Crippen molar-refractivity contribution in [2.24, 2.45) is 0 Å². The molecular formula is C20H22ClFN2O5S. The van der Waals surface area contributed by atoms with Gasteiger partial charge in [-0.1, -0.05) is 11.6 Å². The molecule has 2 amide bonds. The van der Waals surface area contributed by atoms with E-state index in [1.54, 1.807) is 11.8 Å². The molecule has 2 aliphatic heterocycles. The normalized spacial score (nSPS) is 36.1. The van der Waals surface area contributed by atoms with E-state index in [-0.39, 0.29) is 57.7 Å². The Bertz CT molecular complexity index is 867. The van der Waals surface area contributed by atoms with Crippen molar-refractivity contribution < 1.29 is 28.2 Å². The fourth-order valence-corrected chi connectivity index (χ4v) is 6.42. The van der Waals surface area contributed by atoms with Crippen LogP contribution in [0.25, 0.3) is 0 Å². The van der Waals surface area contributed by atoms with Crippen molar-refractivity contribution in [1.82, 2.24) is 10.6 Å². The molecule has 0 spiro atoms. The van der Waals surface area contributed by atoms with Crippen LogP contribution in [0.4, 0.5) is 4.39 Å². The number of rotatable bonds is 6. The maximum Gasteiger partial charge on any atom is 0.258 e. The quantitative estimate of drug-likeness (QED) is 0.677. The van der Waals surface area contributed by atoms with Crippen molar-refractivity contribution in [3.63, 3.8) is 0 Å². The molecule has 1 aromatic carbocycles. The van der Waals surface area contributed by atoms with Crippen molar-refractivity contribution >= 4 is 35.2 Å². The van der Waals surface area contributed by atoms with Crippen LogP contribution < -0.4 is 15.4 Å². The van der Waals surface area contributed by atoms with Crippen LogP contribution in [0.5, 0.6) is 5.75 Å². The lowest BCUT2D eigenvalue weighted by Crippen LogP contribution is -2.84. The lowest BCUT2D eigenvalue weighted by molar-refractivity contribution is -0.156. The minimum atomic E-state index is -0.594. The molecular weight excluding hydrogens is 435 g/mol. The van der Waals surface area contributed by atoms with Crippen LogP contribution in [0, 0.1) is 5.82 Å². The minimum Gasteiger partial charge on any atom is -0.484 e. The molecule has 2 heterocycles. The zero-order valence-electron chi connectivity index (χ0n) is 16.1. The van der Waals surface area contributed by atoms with Crippen molar-refractivity contribution in [2.45, 2.75) is 47.8 Å². The number of halogens is 2. The maximum atomic E-state index is 13.4. The summed E-state index contributed by atoms with van der Waals surface area (Å²) in [6.07, 6.45) is 1.92. The van der Waals surface area contributed by atoms with Gasteiger partial charge in [0.25, 0.3) is 5.91 Å². The SMILES string of the molecule is O=C(COc1ccc(Cl)c(F)c1)NC12CC(NC(=O)C3SCC4OCCOC43)(C1)C2. The van der Waals surface area contributed by atoms with Crippen LogP contribution in [0.1, 0.15) is 19.3 Å². The zero-order chi connectivity index (χ0) is 20.9. The molecule has 0 radical (unpaired) electrons. The number of carbonyl (C=O) groups is 2. The Morgan fingerprint density at radius 3 is 2.70 bits per heavy atom. The highest BCUT2D eigenvalue weighted by Gasteiger charge is 2.69. The number of hydrogen-bond donors (Lipinski definition) is 2. The molecule has 2 N–H and O–H groups in total. The highest BCUT2D eigenvalue weighted by atomic mass is 35.5. The average Bonchev–Trinajstić information content (AvgIpc) is 3.10. The minimum absolute atomic E-state index is 0.00196. The van der Waals surface area contributed by atoms with Gasteiger partial charge in [0.05, 0.1) is 24.3 Å². The maximum absolute atomic E-state index is 13.4. The smallest absolute Gasteiger partial charge is 0.258 e. The lowest BCUT2D eigenvalue weighted by Gasteiger charge is -2.70. The number of thioether (sulfide) groups is 1. The van der Waals surface area contributed by atoms with Crippen LogP contribution in [0.2, 0.25) is 5.02 Å². The van der Waals surface area contributed by atoms with E-state index in [2.05, 4.69) is 10.6 Å². The van der Waals surface area contributed by atoms with E-state index in [1.807, 2.05) is 0 Å². The summed E-state index contributed by atoms with van der Waals surface area (Å²) in [6.45, 7) is 0.900. The second kappa shape index (κ2) is 7.55. The van der Waals surface area contributed by atoms with Gasteiger partial charge in [-0.05, 0) is 31.4 Å². The van der Waals surface area contributed by atoms with E-state index >= 15 is 0 Å². The fraction of sp³-hybridized carbons (Fsp3) is 0.600. The first-order valence-corrected chi connectivity index (χ1v) is 11.4. The number of benzene rings is 1. The molecule has 2 bridgehead atoms. The average molecular weight is 457 g/mol. The van der Waals surface area contributed by atoms with Crippen LogP contribution in [0.15, 0.2) is 18.2 Å². The Balaban J connectivity index is 1.07. The molecule has 1 aromatic rings. The summed E-state index contributed by atoms with van der Waals surface area (Å²) in [5.41, 5.74) is -0.520. The van der Waals surface area contributed by atoms with Gasteiger partial charge in [-0.15, -0.1) is 11.8 Å². The first-order chi connectivity index (χ1) is 14.4. The molecule has 6 rings (SSSR count). The van der Waals surface area contributed by atoms with E-state index in [1.165, 1.54) is 12.1 Å². The molecule has 30 heavy (non-hydrogen) atoms. The molecule has 162 valence electrons. The highest BCUT2D eigenvalue weighted by molar-refractivity contribution is 8.01. The summed E-state index contributed by atoms with van der Waals surface area (Å²) in [5.74, 6) is 0.142. The molecule has 3 aliphatic carbocycles. The third-order valence-electron chi connectivity index (χ3n) is 6.17. The summed E-state index contributed by atoms with van der Waals surface area (Å²) in [4.78, 5) is 25.0. The van der Waals surface area contributed by atoms with Crippen molar-refractivity contribution in [2.75, 3.05) is 25.6 Å². The van der Waals surface area contributed by atoms with Crippen molar-refractivity contribution in [1.29, 1.82) is 0 Å². The zero-order valence-corrected chi connectivity index (χ0v) is 17.7. The van der Waals surface area contributed by atoms with Gasteiger partial charge in [0.1, 0.15) is 22.9 Å². The molecule has 5 aliphatic rings. The van der Waals surface area contributed by atoms with Gasteiger partial charge in [0.2, 0.25) is 5.91 Å². The van der Waals surface area contributed by atoms with Crippen molar-refractivity contribution in [3.05, 3.63) is 29.0 Å². The number of nitrogens with one attached hydrogen (secondary N) is 2. The number of carbonyl (C=O) groups excluding carboxylic acids is 2. The summed E-state index contributed by atoms with van der Waals surface area (Å²) in [5, 5.41) is 5.91. The summed E-state index contributed by atoms with van der Waals surface area (Å²) in [6, 6.07) is 4.04. The van der Waals surface area contributed by atoms with Gasteiger partial charge in [-0.25, -0.2) is 4.39 Å². The van der Waals surface area contributed by atoms with Crippen LogP contribution >= 0.6 is 23.4 Å². The second-order valence-electron chi connectivity index (χ2n) is 8.49. The Labute approximate surface area is 182 Å². The van der Waals surface area contributed by atoms with Gasteiger partial charge in [0, 0.05) is 22.9 Å². The summed E-state index contributed by atoms with van der Waals surface area (Å²) >= 11 is 7.21.